The summed E-state index contributed by atoms with van der Waals surface area (Å²) in [5.74, 6) is 1.53. The molecule has 0 aliphatic heterocycles. The van der Waals surface area contributed by atoms with Gasteiger partial charge in [-0.3, -0.25) is 0 Å². The van der Waals surface area contributed by atoms with E-state index in [4.69, 9.17) is 9.31 Å². The van der Waals surface area contributed by atoms with Gasteiger partial charge in [-0.1, -0.05) is 25.7 Å². The fourth-order valence-corrected chi connectivity index (χ4v) is 1.82. The molecular weight excluding hydrogens is 334 g/mol. The van der Waals surface area contributed by atoms with Gasteiger partial charge in [-0.15, -0.1) is 0 Å². The molecule has 0 spiro atoms. The average Bonchev–Trinajstić information content (AvgIpc) is 2.39. The molecule has 0 unspecified atom stereocenters. The van der Waals surface area contributed by atoms with Crippen LogP contribution in [-0.2, 0) is 9.31 Å². The van der Waals surface area contributed by atoms with Crippen LogP contribution in [0.2, 0.25) is 0 Å². The van der Waals surface area contributed by atoms with Gasteiger partial charge in [0.1, 0.15) is 0 Å². The number of unbranched alkanes of at least 4 members (excludes halogenated alkanes) is 1. The smallest absolute Gasteiger partial charge is 0.423 e. The van der Waals surface area contributed by atoms with Crippen LogP contribution in [0.5, 0.6) is 0 Å². The van der Waals surface area contributed by atoms with E-state index in [2.05, 4.69) is 0 Å². The maximum Gasteiger partial charge on any atom is 0.486 e. The van der Waals surface area contributed by atoms with Gasteiger partial charge in [0.05, 0.1) is 22.4 Å². The van der Waals surface area contributed by atoms with E-state index in [-0.39, 0.29) is 0 Å². The van der Waals surface area contributed by atoms with E-state index < -0.39 is 36.6 Å². The molecule has 0 fully saturated rings. The number of aliphatic hydroxyl groups is 2. The van der Waals surface area contributed by atoms with Gasteiger partial charge in [-0.05, 0) is 67.3 Å². The molecule has 0 radical (unpaired) electrons. The van der Waals surface area contributed by atoms with E-state index >= 15 is 0 Å². The Hall–Kier alpha value is -0.370. The van der Waals surface area contributed by atoms with Gasteiger partial charge in [0.2, 0.25) is 0 Å². The van der Waals surface area contributed by atoms with E-state index in [1.807, 2.05) is 6.92 Å². The van der Waals surface area contributed by atoms with Gasteiger partial charge in [0, 0.05) is 0 Å². The molecule has 0 saturated heterocycles. The molecular formula is C18H38B2O6. The zero-order valence-corrected chi connectivity index (χ0v) is 18.0. The maximum atomic E-state index is 10.4. The molecule has 0 amide bonds. The topological polar surface area (TPSA) is 99.4 Å². The lowest BCUT2D eigenvalue weighted by Crippen LogP contribution is -2.55. The summed E-state index contributed by atoms with van der Waals surface area (Å²) in [6, 6.07) is 0. The highest BCUT2D eigenvalue weighted by atomic mass is 16.6. The van der Waals surface area contributed by atoms with Crippen LogP contribution in [-0.4, -0.2) is 56.9 Å². The molecule has 0 heterocycles. The SMILES string of the molecule is CCCCC(=CB(OC(C)(C)C(C)(C)O)OC(C)(C)C(C)(C)O)B(O)O. The third kappa shape index (κ3) is 7.71. The zero-order valence-electron chi connectivity index (χ0n) is 18.0. The van der Waals surface area contributed by atoms with E-state index in [0.29, 0.717) is 11.9 Å². The Bertz CT molecular complexity index is 433. The van der Waals surface area contributed by atoms with Crippen molar-refractivity contribution in [2.75, 3.05) is 0 Å². The molecule has 0 aliphatic carbocycles. The highest BCUT2D eigenvalue weighted by Gasteiger charge is 2.44. The lowest BCUT2D eigenvalue weighted by molar-refractivity contribution is -0.132. The molecule has 0 aromatic carbocycles. The Balaban J connectivity index is 5.80. The molecule has 0 rings (SSSR count). The van der Waals surface area contributed by atoms with Crippen molar-refractivity contribution < 1.29 is 29.6 Å². The Kier molecular flexibility index (Phi) is 9.08. The minimum Gasteiger partial charge on any atom is -0.423 e. The number of rotatable bonds is 11. The predicted molar refractivity (Wildman–Crippen MR) is 106 cm³/mol. The van der Waals surface area contributed by atoms with Gasteiger partial charge < -0.3 is 29.6 Å². The minimum absolute atomic E-state index is 0.384. The van der Waals surface area contributed by atoms with Gasteiger partial charge in [-0.25, -0.2) is 0 Å². The quantitative estimate of drug-likeness (QED) is 0.416. The van der Waals surface area contributed by atoms with Crippen LogP contribution in [0.15, 0.2) is 11.4 Å². The Labute approximate surface area is 159 Å². The first-order valence-corrected chi connectivity index (χ1v) is 9.31. The second kappa shape index (κ2) is 9.22. The van der Waals surface area contributed by atoms with Crippen molar-refractivity contribution in [1.82, 2.24) is 0 Å². The summed E-state index contributed by atoms with van der Waals surface area (Å²) in [4.78, 5) is 0. The van der Waals surface area contributed by atoms with Crippen molar-refractivity contribution >= 4 is 14.2 Å². The van der Waals surface area contributed by atoms with Crippen LogP contribution >= 0.6 is 0 Å². The first-order valence-electron chi connectivity index (χ1n) is 9.31. The monoisotopic (exact) mass is 372 g/mol. The summed E-state index contributed by atoms with van der Waals surface area (Å²) < 4.78 is 12.0. The summed E-state index contributed by atoms with van der Waals surface area (Å²) in [6.45, 7) is 15.5. The highest BCUT2D eigenvalue weighted by Crippen LogP contribution is 2.31. The summed E-state index contributed by atoms with van der Waals surface area (Å²) in [7, 11) is -2.60. The standard InChI is InChI=1S/C18H38B2O6/c1-10-11-12-14(20(23)24)13-19(25-17(6,7)15(2,3)21)26-18(8,9)16(4,5)22/h13,21-24H,10-12H2,1-9H3. The number of hydrogen-bond donors (Lipinski definition) is 4. The van der Waals surface area contributed by atoms with Gasteiger partial charge in [0.15, 0.2) is 0 Å². The second-order valence-corrected chi connectivity index (χ2v) is 8.96. The molecule has 4 N–H and O–H groups in total. The molecule has 0 aromatic rings. The largest absolute Gasteiger partial charge is 0.486 e. The van der Waals surface area contributed by atoms with Crippen LogP contribution in [0.25, 0.3) is 0 Å². The molecule has 152 valence electrons. The molecule has 0 atom stereocenters. The van der Waals surface area contributed by atoms with Crippen molar-refractivity contribution in [2.45, 2.75) is 104 Å². The van der Waals surface area contributed by atoms with E-state index in [0.717, 1.165) is 12.8 Å². The molecule has 8 heteroatoms. The third-order valence-electron chi connectivity index (χ3n) is 5.27. The molecule has 0 saturated carbocycles. The normalized spacial score (nSPS) is 14.6. The van der Waals surface area contributed by atoms with Crippen LogP contribution in [0.3, 0.4) is 0 Å². The van der Waals surface area contributed by atoms with E-state index in [9.17, 15) is 20.3 Å². The molecule has 0 aromatic heterocycles. The van der Waals surface area contributed by atoms with Crippen molar-refractivity contribution in [3.63, 3.8) is 0 Å². The maximum absolute atomic E-state index is 10.4. The summed E-state index contributed by atoms with van der Waals surface area (Å²) >= 11 is 0. The highest BCUT2D eigenvalue weighted by molar-refractivity contribution is 6.58. The Morgan fingerprint density at radius 2 is 1.23 bits per heavy atom. The van der Waals surface area contributed by atoms with Gasteiger partial charge >= 0.3 is 14.2 Å². The van der Waals surface area contributed by atoms with Gasteiger partial charge in [0.25, 0.3) is 0 Å². The fraction of sp³-hybridized carbons (Fsp3) is 0.889. The number of hydrogen-bond acceptors (Lipinski definition) is 6. The summed E-state index contributed by atoms with van der Waals surface area (Å²) in [5.41, 5.74) is -3.92. The second-order valence-electron chi connectivity index (χ2n) is 8.96. The van der Waals surface area contributed by atoms with Crippen LogP contribution < -0.4 is 0 Å². The number of allylic oxidation sites excluding steroid dienone is 1. The first-order chi connectivity index (χ1) is 11.4. The minimum atomic E-state index is -1.62. The predicted octanol–water partition coefficient (Wildman–Crippen LogP) is 2.27. The summed E-state index contributed by atoms with van der Waals surface area (Å²) in [6.07, 6.45) is 2.18. The Morgan fingerprint density at radius 3 is 1.50 bits per heavy atom. The van der Waals surface area contributed by atoms with Crippen molar-refractivity contribution in [1.29, 1.82) is 0 Å². The van der Waals surface area contributed by atoms with Crippen LogP contribution in [0, 0.1) is 0 Å². The van der Waals surface area contributed by atoms with Crippen LogP contribution in [0.1, 0.15) is 81.6 Å². The molecule has 0 bridgehead atoms. The van der Waals surface area contributed by atoms with Crippen molar-refractivity contribution in [3.8, 4) is 0 Å². The molecule has 6 nitrogen and oxygen atoms in total. The van der Waals surface area contributed by atoms with Gasteiger partial charge in [-0.2, -0.15) is 0 Å². The molecule has 0 aliphatic rings. The van der Waals surface area contributed by atoms with Crippen molar-refractivity contribution in [3.05, 3.63) is 11.4 Å². The Morgan fingerprint density at radius 1 is 0.846 bits per heavy atom. The van der Waals surface area contributed by atoms with E-state index in [1.165, 1.54) is 5.98 Å². The lowest BCUT2D eigenvalue weighted by Gasteiger charge is -2.43. The third-order valence-corrected chi connectivity index (χ3v) is 5.27. The zero-order chi connectivity index (χ0) is 21.0. The average molecular weight is 372 g/mol. The lowest BCUT2D eigenvalue weighted by atomic mass is 9.68. The van der Waals surface area contributed by atoms with Crippen LogP contribution in [0.4, 0.5) is 0 Å². The first kappa shape index (κ1) is 25.6. The van der Waals surface area contributed by atoms with E-state index in [1.54, 1.807) is 55.4 Å². The summed E-state index contributed by atoms with van der Waals surface area (Å²) in [5, 5.41) is 40.1. The molecule has 26 heavy (non-hydrogen) atoms. The van der Waals surface area contributed by atoms with Crippen molar-refractivity contribution in [2.24, 2.45) is 0 Å². The fourth-order valence-electron chi connectivity index (χ4n) is 1.82.